The van der Waals surface area contributed by atoms with Gasteiger partial charge < -0.3 is 20.1 Å². The minimum absolute atomic E-state index is 0.0823. The van der Waals surface area contributed by atoms with Crippen LogP contribution in [0.15, 0.2) is 72.8 Å². The molecule has 0 aliphatic rings. The molecule has 0 aliphatic carbocycles. The highest BCUT2D eigenvalue weighted by Crippen LogP contribution is 2.27. The van der Waals surface area contributed by atoms with E-state index >= 15 is 0 Å². The SMILES string of the molecule is COc1ccc(Cl)cc1NCC(=O)Nc1ccc(Oc2ccccc2)cc1. The lowest BCUT2D eigenvalue weighted by Gasteiger charge is -2.12. The Labute approximate surface area is 162 Å². The largest absolute Gasteiger partial charge is 0.495 e. The predicted molar refractivity (Wildman–Crippen MR) is 108 cm³/mol. The van der Waals surface area contributed by atoms with Crippen LogP contribution in [0.5, 0.6) is 17.2 Å². The van der Waals surface area contributed by atoms with E-state index < -0.39 is 0 Å². The van der Waals surface area contributed by atoms with Crippen LogP contribution in [0.4, 0.5) is 11.4 Å². The van der Waals surface area contributed by atoms with E-state index in [1.165, 1.54) is 0 Å². The van der Waals surface area contributed by atoms with Gasteiger partial charge >= 0.3 is 0 Å². The van der Waals surface area contributed by atoms with E-state index in [0.717, 1.165) is 5.75 Å². The fourth-order valence-corrected chi connectivity index (χ4v) is 2.60. The van der Waals surface area contributed by atoms with Gasteiger partial charge in [-0.05, 0) is 54.6 Å². The minimum Gasteiger partial charge on any atom is -0.495 e. The van der Waals surface area contributed by atoms with Crippen LogP contribution < -0.4 is 20.1 Å². The van der Waals surface area contributed by atoms with Crippen molar-refractivity contribution in [3.8, 4) is 17.2 Å². The number of benzene rings is 3. The van der Waals surface area contributed by atoms with E-state index in [4.69, 9.17) is 21.1 Å². The van der Waals surface area contributed by atoms with Gasteiger partial charge in [0.25, 0.3) is 0 Å². The maximum Gasteiger partial charge on any atom is 0.243 e. The average molecular weight is 383 g/mol. The summed E-state index contributed by atoms with van der Waals surface area (Å²) in [4.78, 5) is 12.2. The molecule has 6 heteroatoms. The molecule has 138 valence electrons. The van der Waals surface area contributed by atoms with Crippen molar-refractivity contribution in [1.82, 2.24) is 0 Å². The summed E-state index contributed by atoms with van der Waals surface area (Å²) in [7, 11) is 1.56. The molecule has 0 aliphatic heterocycles. The van der Waals surface area contributed by atoms with Crippen molar-refractivity contribution in [3.63, 3.8) is 0 Å². The van der Waals surface area contributed by atoms with E-state index in [9.17, 15) is 4.79 Å². The topological polar surface area (TPSA) is 59.6 Å². The lowest BCUT2D eigenvalue weighted by atomic mass is 10.2. The first-order valence-electron chi connectivity index (χ1n) is 8.34. The maximum absolute atomic E-state index is 12.2. The molecule has 0 atom stereocenters. The number of hydrogen-bond donors (Lipinski definition) is 2. The molecule has 0 bridgehead atoms. The summed E-state index contributed by atoms with van der Waals surface area (Å²) < 4.78 is 11.0. The number of nitrogens with one attached hydrogen (secondary N) is 2. The number of halogens is 1. The maximum atomic E-state index is 12.2. The Morgan fingerprint density at radius 1 is 0.963 bits per heavy atom. The number of anilines is 2. The summed E-state index contributed by atoms with van der Waals surface area (Å²) in [5.74, 6) is 1.89. The molecule has 0 saturated carbocycles. The van der Waals surface area contributed by atoms with Crippen LogP contribution in [0.2, 0.25) is 5.02 Å². The van der Waals surface area contributed by atoms with Gasteiger partial charge in [-0.3, -0.25) is 4.79 Å². The average Bonchev–Trinajstić information content (AvgIpc) is 2.69. The number of carbonyl (C=O) groups is 1. The molecule has 0 radical (unpaired) electrons. The van der Waals surface area contributed by atoms with Crippen LogP contribution in [0.3, 0.4) is 0 Å². The van der Waals surface area contributed by atoms with E-state index in [0.29, 0.717) is 27.9 Å². The standard InChI is InChI=1S/C21H19ClN2O3/c1-26-20-12-7-15(22)13-19(20)23-14-21(25)24-16-8-10-18(11-9-16)27-17-5-3-2-4-6-17/h2-13,23H,14H2,1H3,(H,24,25). The van der Waals surface area contributed by atoms with Gasteiger partial charge in [0.15, 0.2) is 0 Å². The molecule has 3 aromatic carbocycles. The molecule has 1 amide bonds. The van der Waals surface area contributed by atoms with Crippen LogP contribution in [0.1, 0.15) is 0 Å². The Morgan fingerprint density at radius 2 is 1.67 bits per heavy atom. The Hall–Kier alpha value is -3.18. The van der Waals surface area contributed by atoms with Crippen molar-refractivity contribution in [1.29, 1.82) is 0 Å². The molecule has 27 heavy (non-hydrogen) atoms. The summed E-state index contributed by atoms with van der Waals surface area (Å²) in [6.07, 6.45) is 0. The van der Waals surface area contributed by atoms with Gasteiger partial charge in [0.2, 0.25) is 5.91 Å². The van der Waals surface area contributed by atoms with Crippen LogP contribution in [-0.2, 0) is 4.79 Å². The predicted octanol–water partition coefficient (Wildman–Crippen LogP) is 5.19. The number of carbonyl (C=O) groups excluding carboxylic acids is 1. The minimum atomic E-state index is -0.186. The van der Waals surface area contributed by atoms with Gasteiger partial charge in [0.1, 0.15) is 17.2 Å². The first-order valence-corrected chi connectivity index (χ1v) is 8.72. The van der Waals surface area contributed by atoms with Gasteiger partial charge in [0, 0.05) is 10.7 Å². The number of ether oxygens (including phenoxy) is 2. The normalized spacial score (nSPS) is 10.1. The van der Waals surface area contributed by atoms with E-state index in [2.05, 4.69) is 10.6 Å². The fraction of sp³-hybridized carbons (Fsp3) is 0.0952. The zero-order chi connectivity index (χ0) is 19.1. The van der Waals surface area contributed by atoms with Crippen molar-refractivity contribution in [2.75, 3.05) is 24.3 Å². The van der Waals surface area contributed by atoms with Crippen LogP contribution in [0, 0.1) is 0 Å². The second kappa shape index (κ2) is 8.96. The third kappa shape index (κ3) is 5.39. The molecule has 2 N–H and O–H groups in total. The van der Waals surface area contributed by atoms with E-state index in [1.54, 1.807) is 49.6 Å². The van der Waals surface area contributed by atoms with Gasteiger partial charge in [-0.15, -0.1) is 0 Å². The smallest absolute Gasteiger partial charge is 0.243 e. The summed E-state index contributed by atoms with van der Waals surface area (Å²) in [6.45, 7) is 0.0823. The van der Waals surface area contributed by atoms with Crippen LogP contribution in [0.25, 0.3) is 0 Å². The van der Waals surface area contributed by atoms with Crippen molar-refractivity contribution in [2.24, 2.45) is 0 Å². The summed E-state index contributed by atoms with van der Waals surface area (Å²) in [5, 5.41) is 6.41. The Kier molecular flexibility index (Phi) is 6.18. The first kappa shape index (κ1) is 18.6. The third-order valence-electron chi connectivity index (χ3n) is 3.72. The number of para-hydroxylation sites is 1. The molecule has 0 aromatic heterocycles. The van der Waals surface area contributed by atoms with Crippen molar-refractivity contribution < 1.29 is 14.3 Å². The second-order valence-electron chi connectivity index (χ2n) is 5.69. The zero-order valence-electron chi connectivity index (χ0n) is 14.7. The molecule has 0 heterocycles. The molecule has 0 unspecified atom stereocenters. The quantitative estimate of drug-likeness (QED) is 0.590. The molecule has 0 spiro atoms. The lowest BCUT2D eigenvalue weighted by molar-refractivity contribution is -0.114. The highest BCUT2D eigenvalue weighted by atomic mass is 35.5. The van der Waals surface area contributed by atoms with Crippen LogP contribution >= 0.6 is 11.6 Å². The number of hydrogen-bond acceptors (Lipinski definition) is 4. The number of amides is 1. The van der Waals surface area contributed by atoms with Gasteiger partial charge in [-0.1, -0.05) is 29.8 Å². The van der Waals surface area contributed by atoms with E-state index in [1.807, 2.05) is 30.3 Å². The Bertz CT molecular complexity index is 899. The molecular weight excluding hydrogens is 364 g/mol. The lowest BCUT2D eigenvalue weighted by Crippen LogP contribution is -2.21. The molecule has 3 rings (SSSR count). The fourth-order valence-electron chi connectivity index (χ4n) is 2.43. The van der Waals surface area contributed by atoms with Crippen molar-refractivity contribution in [2.45, 2.75) is 0 Å². The summed E-state index contributed by atoms with van der Waals surface area (Å²) >= 11 is 5.98. The summed E-state index contributed by atoms with van der Waals surface area (Å²) in [5.41, 5.74) is 1.34. The summed E-state index contributed by atoms with van der Waals surface area (Å²) in [6, 6.07) is 21.9. The van der Waals surface area contributed by atoms with Crippen LogP contribution in [-0.4, -0.2) is 19.6 Å². The highest BCUT2D eigenvalue weighted by molar-refractivity contribution is 6.30. The number of methoxy groups -OCH3 is 1. The Balaban J connectivity index is 1.54. The first-order chi connectivity index (χ1) is 13.1. The van der Waals surface area contributed by atoms with E-state index in [-0.39, 0.29) is 12.5 Å². The van der Waals surface area contributed by atoms with Crippen molar-refractivity contribution in [3.05, 3.63) is 77.8 Å². The third-order valence-corrected chi connectivity index (χ3v) is 3.95. The Morgan fingerprint density at radius 3 is 2.37 bits per heavy atom. The molecule has 0 saturated heterocycles. The molecule has 5 nitrogen and oxygen atoms in total. The molecule has 3 aromatic rings. The number of rotatable bonds is 7. The monoisotopic (exact) mass is 382 g/mol. The van der Waals surface area contributed by atoms with Gasteiger partial charge in [-0.2, -0.15) is 0 Å². The highest BCUT2D eigenvalue weighted by Gasteiger charge is 2.07. The molecular formula is C21H19ClN2O3. The van der Waals surface area contributed by atoms with Gasteiger partial charge in [0.05, 0.1) is 19.3 Å². The second-order valence-corrected chi connectivity index (χ2v) is 6.12. The molecule has 0 fully saturated rings. The van der Waals surface area contributed by atoms with Gasteiger partial charge in [-0.25, -0.2) is 0 Å². The van der Waals surface area contributed by atoms with Crippen molar-refractivity contribution >= 4 is 28.9 Å². The zero-order valence-corrected chi connectivity index (χ0v) is 15.5.